The Hall–Kier alpha value is -2.21. The van der Waals surface area contributed by atoms with Crippen LogP contribution in [-0.4, -0.2) is 19.2 Å². The lowest BCUT2D eigenvalue weighted by Crippen LogP contribution is -2.37. The second kappa shape index (κ2) is 6.44. The molecule has 6 heteroatoms. The highest BCUT2D eigenvalue weighted by molar-refractivity contribution is 7.14. The summed E-state index contributed by atoms with van der Waals surface area (Å²) < 4.78 is 10.7. The number of rotatable bonds is 6. The van der Waals surface area contributed by atoms with E-state index in [9.17, 15) is 0 Å². The van der Waals surface area contributed by atoms with E-state index in [4.69, 9.17) is 14.5 Å². The summed E-state index contributed by atoms with van der Waals surface area (Å²) in [4.78, 5) is 4.71. The molecule has 4 rings (SSSR count). The molecule has 144 valence electrons. The third-order valence-electron chi connectivity index (χ3n) is 6.75. The molecule has 2 atom stereocenters. The van der Waals surface area contributed by atoms with Crippen molar-refractivity contribution >= 4 is 16.5 Å². The molecule has 1 aromatic heterocycles. The molecule has 5 nitrogen and oxygen atoms in total. The first-order valence-corrected chi connectivity index (χ1v) is 10.2. The summed E-state index contributed by atoms with van der Waals surface area (Å²) in [5.74, 6) is 2.08. The molecular formula is C21H27N3O2S. The van der Waals surface area contributed by atoms with Crippen molar-refractivity contribution in [2.24, 2.45) is 16.7 Å². The number of fused-ring (bicyclic) bond motifs is 2. The van der Waals surface area contributed by atoms with Crippen molar-refractivity contribution in [3.05, 3.63) is 35.4 Å². The zero-order chi connectivity index (χ0) is 19.2. The fourth-order valence-corrected chi connectivity index (χ4v) is 5.13. The van der Waals surface area contributed by atoms with Gasteiger partial charge in [0, 0.05) is 22.1 Å². The van der Waals surface area contributed by atoms with Crippen LogP contribution in [-0.2, 0) is 0 Å². The standard InChI is InChI=1S/C21H27N3O2S/c1-20(2)14-8-9-21(20,3)18(11-14)23-24-19-22-15(12-27-19)13-6-7-16(25-4)17(10-13)26-5/h6-7,10-12,14,23H,8-9H2,1-5H3,(H,22,24)/t14-,21+/m0/s1. The third-order valence-corrected chi connectivity index (χ3v) is 7.51. The van der Waals surface area contributed by atoms with Crippen LogP contribution in [0.3, 0.4) is 0 Å². The minimum Gasteiger partial charge on any atom is -0.493 e. The fraction of sp³-hybridized carbons (Fsp3) is 0.476. The predicted molar refractivity (Wildman–Crippen MR) is 110 cm³/mol. The maximum Gasteiger partial charge on any atom is 0.202 e. The van der Waals surface area contributed by atoms with E-state index in [0.29, 0.717) is 17.1 Å². The van der Waals surface area contributed by atoms with E-state index < -0.39 is 0 Å². The van der Waals surface area contributed by atoms with Gasteiger partial charge in [-0.1, -0.05) is 26.8 Å². The predicted octanol–water partition coefficient (Wildman–Crippen LogP) is 5.08. The van der Waals surface area contributed by atoms with Crippen LogP contribution < -0.4 is 20.3 Å². The number of thiazole rings is 1. The van der Waals surface area contributed by atoms with Crippen LogP contribution in [0.25, 0.3) is 11.3 Å². The number of allylic oxidation sites excluding steroid dienone is 2. The Morgan fingerprint density at radius 2 is 1.89 bits per heavy atom. The van der Waals surface area contributed by atoms with E-state index in [1.54, 1.807) is 25.6 Å². The maximum absolute atomic E-state index is 5.39. The molecule has 2 N–H and O–H groups in total. The monoisotopic (exact) mass is 385 g/mol. The smallest absolute Gasteiger partial charge is 0.202 e. The summed E-state index contributed by atoms with van der Waals surface area (Å²) in [6.07, 6.45) is 4.93. The number of methoxy groups -OCH3 is 2. The molecule has 0 spiro atoms. The molecule has 0 unspecified atom stereocenters. The van der Waals surface area contributed by atoms with Crippen LogP contribution in [0.15, 0.2) is 35.4 Å². The van der Waals surface area contributed by atoms with Gasteiger partial charge in [0.15, 0.2) is 11.5 Å². The van der Waals surface area contributed by atoms with Gasteiger partial charge >= 0.3 is 0 Å². The minimum atomic E-state index is 0.202. The number of hydrazine groups is 1. The van der Waals surface area contributed by atoms with Gasteiger partial charge in [0.1, 0.15) is 0 Å². The summed E-state index contributed by atoms with van der Waals surface area (Å²) in [6.45, 7) is 7.14. The Balaban J connectivity index is 1.48. The first kappa shape index (κ1) is 18.2. The van der Waals surface area contributed by atoms with Crippen molar-refractivity contribution in [1.29, 1.82) is 0 Å². The number of benzene rings is 1. The zero-order valence-corrected chi connectivity index (χ0v) is 17.4. The highest BCUT2D eigenvalue weighted by Gasteiger charge is 2.57. The Morgan fingerprint density at radius 1 is 1.11 bits per heavy atom. The fourth-order valence-electron chi connectivity index (χ4n) is 4.45. The van der Waals surface area contributed by atoms with E-state index in [-0.39, 0.29) is 5.41 Å². The van der Waals surface area contributed by atoms with Gasteiger partial charge < -0.3 is 14.9 Å². The van der Waals surface area contributed by atoms with Crippen LogP contribution in [0, 0.1) is 16.7 Å². The minimum absolute atomic E-state index is 0.202. The molecule has 2 aliphatic rings. The van der Waals surface area contributed by atoms with Crippen LogP contribution in [0.2, 0.25) is 0 Å². The van der Waals surface area contributed by atoms with E-state index in [0.717, 1.165) is 22.1 Å². The molecule has 1 heterocycles. The maximum atomic E-state index is 5.39. The van der Waals surface area contributed by atoms with Crippen molar-refractivity contribution in [3.63, 3.8) is 0 Å². The van der Waals surface area contributed by atoms with E-state index in [1.165, 1.54) is 18.5 Å². The number of hydrogen-bond acceptors (Lipinski definition) is 6. The molecule has 1 aromatic carbocycles. The average Bonchev–Trinajstić information content (AvgIpc) is 3.28. The molecule has 1 fully saturated rings. The van der Waals surface area contributed by atoms with Gasteiger partial charge in [0.25, 0.3) is 0 Å². The molecule has 0 radical (unpaired) electrons. The van der Waals surface area contributed by atoms with Crippen LogP contribution >= 0.6 is 11.3 Å². The Bertz CT molecular complexity index is 889. The van der Waals surface area contributed by atoms with Gasteiger partial charge in [-0.05, 0) is 42.4 Å². The average molecular weight is 386 g/mol. The van der Waals surface area contributed by atoms with Crippen molar-refractivity contribution in [2.75, 3.05) is 19.6 Å². The second-order valence-electron chi connectivity index (χ2n) is 8.14. The molecular weight excluding hydrogens is 358 g/mol. The largest absolute Gasteiger partial charge is 0.493 e. The highest BCUT2D eigenvalue weighted by atomic mass is 32.1. The van der Waals surface area contributed by atoms with Crippen LogP contribution in [0.5, 0.6) is 11.5 Å². The van der Waals surface area contributed by atoms with E-state index >= 15 is 0 Å². The molecule has 0 aliphatic heterocycles. The summed E-state index contributed by atoms with van der Waals surface area (Å²) >= 11 is 1.59. The number of aromatic nitrogens is 1. The number of ether oxygens (including phenoxy) is 2. The summed E-state index contributed by atoms with van der Waals surface area (Å²) in [5.41, 5.74) is 10.5. The van der Waals surface area contributed by atoms with Gasteiger partial charge in [-0.3, -0.25) is 5.43 Å². The quantitative estimate of drug-likeness (QED) is 0.679. The number of anilines is 1. The normalized spacial score (nSPS) is 25.2. The SMILES string of the molecule is COc1ccc(-c2csc(NNC3=C[C@@H]4CC[C@@]3(C)C4(C)C)n2)cc1OC. The van der Waals surface area contributed by atoms with Gasteiger partial charge in [-0.25, -0.2) is 4.98 Å². The lowest BCUT2D eigenvalue weighted by atomic mass is 9.69. The van der Waals surface area contributed by atoms with E-state index in [1.807, 2.05) is 23.6 Å². The second-order valence-corrected chi connectivity index (χ2v) is 9.00. The van der Waals surface area contributed by atoms with E-state index in [2.05, 4.69) is 37.7 Å². The summed E-state index contributed by atoms with van der Waals surface area (Å²) in [7, 11) is 3.28. The van der Waals surface area contributed by atoms with Gasteiger partial charge in [-0.2, -0.15) is 0 Å². The Kier molecular flexibility index (Phi) is 4.34. The van der Waals surface area contributed by atoms with Crippen molar-refractivity contribution in [3.8, 4) is 22.8 Å². The molecule has 2 bridgehead atoms. The lowest BCUT2D eigenvalue weighted by molar-refractivity contribution is 0.165. The number of hydrogen-bond donors (Lipinski definition) is 2. The zero-order valence-electron chi connectivity index (χ0n) is 16.6. The van der Waals surface area contributed by atoms with Gasteiger partial charge in [0.05, 0.1) is 19.9 Å². The summed E-state index contributed by atoms with van der Waals surface area (Å²) in [5, 5.41) is 2.90. The Morgan fingerprint density at radius 3 is 2.52 bits per heavy atom. The van der Waals surface area contributed by atoms with Crippen LogP contribution in [0.4, 0.5) is 5.13 Å². The van der Waals surface area contributed by atoms with Gasteiger partial charge in [-0.15, -0.1) is 11.3 Å². The Labute approximate surface area is 164 Å². The van der Waals surface area contributed by atoms with Crippen LogP contribution in [0.1, 0.15) is 33.6 Å². The first-order chi connectivity index (χ1) is 12.9. The molecule has 1 saturated carbocycles. The molecule has 0 amide bonds. The highest BCUT2D eigenvalue weighted by Crippen LogP contribution is 2.64. The third kappa shape index (κ3) is 2.78. The lowest BCUT2D eigenvalue weighted by Gasteiger charge is -2.37. The number of nitrogens with one attached hydrogen (secondary N) is 2. The van der Waals surface area contributed by atoms with Gasteiger partial charge in [0.2, 0.25) is 5.13 Å². The molecule has 0 saturated heterocycles. The topological polar surface area (TPSA) is 55.4 Å². The number of nitrogens with zero attached hydrogens (tertiary/aromatic N) is 1. The van der Waals surface area contributed by atoms with Crippen molar-refractivity contribution < 1.29 is 9.47 Å². The molecule has 27 heavy (non-hydrogen) atoms. The molecule has 2 aromatic rings. The first-order valence-electron chi connectivity index (χ1n) is 9.31. The molecule has 2 aliphatic carbocycles. The van der Waals surface area contributed by atoms with Crippen molar-refractivity contribution in [2.45, 2.75) is 33.6 Å². The van der Waals surface area contributed by atoms with Crippen molar-refractivity contribution in [1.82, 2.24) is 10.4 Å². The summed E-state index contributed by atoms with van der Waals surface area (Å²) in [6, 6.07) is 5.85.